The monoisotopic (exact) mass is 375 g/mol. The second-order valence-corrected chi connectivity index (χ2v) is 7.39. The van der Waals surface area contributed by atoms with Crippen molar-refractivity contribution in [3.63, 3.8) is 0 Å². The molecule has 4 nitrogen and oxygen atoms in total. The van der Waals surface area contributed by atoms with Crippen LogP contribution in [0.25, 0.3) is 0 Å². The van der Waals surface area contributed by atoms with E-state index in [-0.39, 0.29) is 11.9 Å². The molecular formula is C23H37NO3. The standard InChI is InChI=1S/C23H37NO3/c1-4-24(5-2)18-13-19-26-22(25)23(27-6-3,20-14-9-7-10-15-20)21-16-11-8-12-17-21/h7,9-10,14-15,21H,4-6,8,11-13,16-19H2,1-3H3. The summed E-state index contributed by atoms with van der Waals surface area (Å²) in [6.07, 6.45) is 6.44. The third-order valence-electron chi connectivity index (χ3n) is 5.80. The molecule has 1 saturated carbocycles. The van der Waals surface area contributed by atoms with Crippen molar-refractivity contribution in [2.75, 3.05) is 32.8 Å². The van der Waals surface area contributed by atoms with E-state index in [1.54, 1.807) is 0 Å². The number of hydrogen-bond acceptors (Lipinski definition) is 4. The van der Waals surface area contributed by atoms with Crippen LogP contribution in [-0.4, -0.2) is 43.7 Å². The average molecular weight is 376 g/mol. The minimum atomic E-state index is -0.967. The summed E-state index contributed by atoms with van der Waals surface area (Å²) >= 11 is 0. The number of benzene rings is 1. The summed E-state index contributed by atoms with van der Waals surface area (Å²) in [5, 5.41) is 0. The van der Waals surface area contributed by atoms with E-state index in [0.29, 0.717) is 13.2 Å². The Morgan fingerprint density at radius 2 is 1.74 bits per heavy atom. The number of nitrogens with zero attached hydrogens (tertiary/aromatic N) is 1. The molecule has 1 atom stereocenters. The van der Waals surface area contributed by atoms with E-state index in [1.165, 1.54) is 6.42 Å². The Balaban J connectivity index is 2.16. The lowest BCUT2D eigenvalue weighted by molar-refractivity contribution is -0.186. The van der Waals surface area contributed by atoms with Crippen LogP contribution in [0.5, 0.6) is 0 Å². The van der Waals surface area contributed by atoms with Crippen LogP contribution in [0.3, 0.4) is 0 Å². The average Bonchev–Trinajstić information content (AvgIpc) is 2.73. The van der Waals surface area contributed by atoms with Crippen LogP contribution >= 0.6 is 0 Å². The van der Waals surface area contributed by atoms with E-state index in [1.807, 2.05) is 37.3 Å². The van der Waals surface area contributed by atoms with E-state index in [2.05, 4.69) is 18.7 Å². The van der Waals surface area contributed by atoms with Gasteiger partial charge in [-0.25, -0.2) is 4.79 Å². The van der Waals surface area contributed by atoms with Gasteiger partial charge in [-0.3, -0.25) is 0 Å². The number of rotatable bonds is 11. The molecule has 1 aromatic rings. The number of esters is 1. The molecular weight excluding hydrogens is 338 g/mol. The number of carbonyl (C=O) groups excluding carboxylic acids is 1. The Kier molecular flexibility index (Phi) is 9.29. The third kappa shape index (κ3) is 5.55. The van der Waals surface area contributed by atoms with Gasteiger partial charge in [-0.1, -0.05) is 63.4 Å². The summed E-state index contributed by atoms with van der Waals surface area (Å²) in [6, 6.07) is 9.98. The first-order valence-electron chi connectivity index (χ1n) is 10.8. The molecule has 27 heavy (non-hydrogen) atoms. The topological polar surface area (TPSA) is 38.8 Å². The molecule has 0 aliphatic heterocycles. The zero-order valence-electron chi connectivity index (χ0n) is 17.4. The van der Waals surface area contributed by atoms with Gasteiger partial charge >= 0.3 is 5.97 Å². The molecule has 2 rings (SSSR count). The first kappa shape index (κ1) is 21.9. The van der Waals surface area contributed by atoms with Crippen LogP contribution in [0.15, 0.2) is 30.3 Å². The van der Waals surface area contributed by atoms with Crippen LogP contribution in [0.1, 0.15) is 64.9 Å². The lowest BCUT2D eigenvalue weighted by atomic mass is 9.73. The smallest absolute Gasteiger partial charge is 0.343 e. The maximum absolute atomic E-state index is 13.4. The number of carbonyl (C=O) groups is 1. The molecule has 0 N–H and O–H groups in total. The predicted molar refractivity (Wildman–Crippen MR) is 110 cm³/mol. The van der Waals surface area contributed by atoms with Gasteiger partial charge in [0, 0.05) is 19.1 Å². The number of ether oxygens (including phenoxy) is 2. The van der Waals surface area contributed by atoms with Crippen molar-refractivity contribution in [1.29, 1.82) is 0 Å². The van der Waals surface area contributed by atoms with E-state index >= 15 is 0 Å². The van der Waals surface area contributed by atoms with Gasteiger partial charge in [-0.15, -0.1) is 0 Å². The molecule has 4 heteroatoms. The number of hydrogen-bond donors (Lipinski definition) is 0. The van der Waals surface area contributed by atoms with Gasteiger partial charge in [0.1, 0.15) is 0 Å². The molecule has 0 aromatic heterocycles. The van der Waals surface area contributed by atoms with Crippen molar-refractivity contribution >= 4 is 5.97 Å². The molecule has 1 unspecified atom stereocenters. The van der Waals surface area contributed by atoms with Crippen molar-refractivity contribution in [3.05, 3.63) is 35.9 Å². The lowest BCUT2D eigenvalue weighted by Gasteiger charge is -2.40. The Hall–Kier alpha value is -1.39. The summed E-state index contributed by atoms with van der Waals surface area (Å²) in [6.45, 7) is 10.2. The second-order valence-electron chi connectivity index (χ2n) is 7.39. The zero-order valence-corrected chi connectivity index (χ0v) is 17.4. The first-order valence-corrected chi connectivity index (χ1v) is 10.8. The maximum atomic E-state index is 13.4. The molecule has 0 amide bonds. The summed E-state index contributed by atoms with van der Waals surface area (Å²) in [4.78, 5) is 15.7. The quantitative estimate of drug-likeness (QED) is 0.412. The molecule has 1 aromatic carbocycles. The van der Waals surface area contributed by atoms with Gasteiger partial charge in [-0.05, 0) is 44.8 Å². The fraction of sp³-hybridized carbons (Fsp3) is 0.696. The fourth-order valence-corrected chi connectivity index (χ4v) is 4.30. The molecule has 0 saturated heterocycles. The second kappa shape index (κ2) is 11.5. The molecule has 1 aliphatic carbocycles. The van der Waals surface area contributed by atoms with Crippen LogP contribution in [0, 0.1) is 5.92 Å². The highest BCUT2D eigenvalue weighted by Gasteiger charge is 2.49. The van der Waals surface area contributed by atoms with Crippen molar-refractivity contribution in [3.8, 4) is 0 Å². The third-order valence-corrected chi connectivity index (χ3v) is 5.80. The highest BCUT2D eigenvalue weighted by Crippen LogP contribution is 2.43. The largest absolute Gasteiger partial charge is 0.463 e. The first-order chi connectivity index (χ1) is 13.2. The fourth-order valence-electron chi connectivity index (χ4n) is 4.30. The SMILES string of the molecule is CCOC(C(=O)OCCCN(CC)CC)(c1ccccc1)C1CCCCC1. The van der Waals surface area contributed by atoms with Gasteiger partial charge < -0.3 is 14.4 Å². The molecule has 0 heterocycles. The highest BCUT2D eigenvalue weighted by atomic mass is 16.6. The molecule has 0 radical (unpaired) electrons. The molecule has 0 spiro atoms. The van der Waals surface area contributed by atoms with Crippen molar-refractivity contribution in [2.45, 2.75) is 64.9 Å². The minimum Gasteiger partial charge on any atom is -0.463 e. The van der Waals surface area contributed by atoms with Crippen LogP contribution in [-0.2, 0) is 19.9 Å². The maximum Gasteiger partial charge on any atom is 0.343 e. The lowest BCUT2D eigenvalue weighted by Crippen LogP contribution is -2.47. The zero-order chi connectivity index (χ0) is 19.5. The van der Waals surface area contributed by atoms with Crippen LogP contribution < -0.4 is 0 Å². The van der Waals surface area contributed by atoms with E-state index in [0.717, 1.165) is 57.3 Å². The van der Waals surface area contributed by atoms with Crippen LogP contribution in [0.4, 0.5) is 0 Å². The van der Waals surface area contributed by atoms with Gasteiger partial charge in [0.15, 0.2) is 5.60 Å². The van der Waals surface area contributed by atoms with Crippen molar-refractivity contribution in [1.82, 2.24) is 4.90 Å². The van der Waals surface area contributed by atoms with Gasteiger partial charge in [0.2, 0.25) is 0 Å². The van der Waals surface area contributed by atoms with Crippen molar-refractivity contribution < 1.29 is 14.3 Å². The molecule has 0 bridgehead atoms. The summed E-state index contributed by atoms with van der Waals surface area (Å²) in [5.41, 5.74) is -0.0291. The Morgan fingerprint density at radius 1 is 1.07 bits per heavy atom. The van der Waals surface area contributed by atoms with Crippen molar-refractivity contribution in [2.24, 2.45) is 5.92 Å². The highest BCUT2D eigenvalue weighted by molar-refractivity contribution is 5.82. The van der Waals surface area contributed by atoms with Crippen LogP contribution in [0.2, 0.25) is 0 Å². The Labute approximate surface area is 165 Å². The molecule has 152 valence electrons. The molecule has 1 aliphatic rings. The predicted octanol–water partition coefficient (Wildman–Crippen LogP) is 4.77. The summed E-state index contributed by atoms with van der Waals surface area (Å²) in [5.74, 6) is -0.0223. The molecule has 1 fully saturated rings. The van der Waals surface area contributed by atoms with Gasteiger partial charge in [0.25, 0.3) is 0 Å². The Bertz CT molecular complexity index is 538. The summed E-state index contributed by atoms with van der Waals surface area (Å²) < 4.78 is 12.1. The van der Waals surface area contributed by atoms with E-state index < -0.39 is 5.60 Å². The van der Waals surface area contributed by atoms with E-state index in [9.17, 15) is 4.79 Å². The van der Waals surface area contributed by atoms with E-state index in [4.69, 9.17) is 9.47 Å². The van der Waals surface area contributed by atoms with Gasteiger partial charge in [0.05, 0.1) is 6.61 Å². The normalized spacial score (nSPS) is 17.6. The Morgan fingerprint density at radius 3 is 2.33 bits per heavy atom. The summed E-state index contributed by atoms with van der Waals surface area (Å²) in [7, 11) is 0. The minimum absolute atomic E-state index is 0.184. The van der Waals surface area contributed by atoms with Gasteiger partial charge in [-0.2, -0.15) is 0 Å².